The first-order valence-electron chi connectivity index (χ1n) is 9.20. The van der Waals surface area contributed by atoms with Crippen molar-refractivity contribution in [3.63, 3.8) is 0 Å². The van der Waals surface area contributed by atoms with Gasteiger partial charge in [0.15, 0.2) is 4.96 Å². The lowest BCUT2D eigenvalue weighted by Crippen LogP contribution is -2.46. The number of carbonyl (C=O) groups is 1. The van der Waals surface area contributed by atoms with Crippen LogP contribution in [-0.2, 0) is 11.3 Å². The second kappa shape index (κ2) is 8.07. The van der Waals surface area contributed by atoms with Gasteiger partial charge in [0, 0.05) is 56.6 Å². The van der Waals surface area contributed by atoms with Crippen molar-refractivity contribution >= 4 is 28.1 Å². The van der Waals surface area contributed by atoms with Crippen molar-refractivity contribution in [1.29, 1.82) is 0 Å². The Balaban J connectivity index is 1.36. The molecule has 0 atom stereocenters. The third-order valence-corrected chi connectivity index (χ3v) is 5.45. The van der Waals surface area contributed by atoms with Crippen molar-refractivity contribution in [3.8, 4) is 0 Å². The number of esters is 1. The predicted molar refractivity (Wildman–Crippen MR) is 107 cm³/mol. The lowest BCUT2D eigenvalue weighted by Gasteiger charge is -2.35. The van der Waals surface area contributed by atoms with Crippen LogP contribution in [0.1, 0.15) is 23.0 Å². The fourth-order valence-electron chi connectivity index (χ4n) is 3.24. The average molecular weight is 399 g/mol. The highest BCUT2D eigenvalue weighted by Crippen LogP contribution is 2.16. The summed E-state index contributed by atoms with van der Waals surface area (Å²) in [4.78, 5) is 38.0. The summed E-state index contributed by atoms with van der Waals surface area (Å²) in [6.07, 6.45) is 3.31. The number of pyridine rings is 1. The highest BCUT2D eigenvalue weighted by molar-refractivity contribution is 7.15. The molecule has 0 spiro atoms. The van der Waals surface area contributed by atoms with Crippen molar-refractivity contribution < 1.29 is 9.53 Å². The lowest BCUT2D eigenvalue weighted by atomic mass is 10.2. The SMILES string of the molecule is CCOC(=O)c1ccc(N2CCN(Cc3cc(=O)n4ccsc4n3)CC2)nc1. The van der Waals surface area contributed by atoms with E-state index in [1.165, 1.54) is 11.3 Å². The zero-order valence-electron chi connectivity index (χ0n) is 15.6. The van der Waals surface area contributed by atoms with Crippen LogP contribution in [-0.4, -0.2) is 58.0 Å². The molecule has 0 unspecified atom stereocenters. The van der Waals surface area contributed by atoms with Gasteiger partial charge < -0.3 is 9.64 Å². The van der Waals surface area contributed by atoms with Crippen LogP contribution in [0.3, 0.4) is 0 Å². The molecule has 1 aliphatic rings. The van der Waals surface area contributed by atoms with E-state index in [9.17, 15) is 9.59 Å². The maximum absolute atomic E-state index is 12.1. The van der Waals surface area contributed by atoms with Gasteiger partial charge in [-0.25, -0.2) is 14.8 Å². The van der Waals surface area contributed by atoms with Gasteiger partial charge in [-0.2, -0.15) is 0 Å². The van der Waals surface area contributed by atoms with Crippen LogP contribution >= 0.6 is 11.3 Å². The van der Waals surface area contributed by atoms with Gasteiger partial charge in [-0.3, -0.25) is 14.1 Å². The molecule has 8 nitrogen and oxygen atoms in total. The summed E-state index contributed by atoms with van der Waals surface area (Å²) in [7, 11) is 0. The Labute approximate surface area is 166 Å². The van der Waals surface area contributed by atoms with Crippen LogP contribution in [0.15, 0.2) is 40.8 Å². The van der Waals surface area contributed by atoms with E-state index in [-0.39, 0.29) is 11.5 Å². The van der Waals surface area contributed by atoms with Gasteiger partial charge in [0.25, 0.3) is 5.56 Å². The van der Waals surface area contributed by atoms with Crippen molar-refractivity contribution in [3.05, 3.63) is 57.6 Å². The van der Waals surface area contributed by atoms with E-state index in [4.69, 9.17) is 4.74 Å². The second-order valence-corrected chi connectivity index (χ2v) is 7.40. The molecule has 1 aliphatic heterocycles. The summed E-state index contributed by atoms with van der Waals surface area (Å²) >= 11 is 1.47. The molecule has 4 heterocycles. The number of nitrogens with zero attached hydrogens (tertiary/aromatic N) is 5. The molecule has 0 N–H and O–H groups in total. The molecule has 0 saturated carbocycles. The molecule has 0 amide bonds. The Kier molecular flexibility index (Phi) is 5.36. The molecule has 0 aromatic carbocycles. The maximum atomic E-state index is 12.1. The normalized spacial score (nSPS) is 15.1. The molecule has 0 bridgehead atoms. The third-order valence-electron chi connectivity index (χ3n) is 4.70. The summed E-state index contributed by atoms with van der Waals surface area (Å²) in [5.74, 6) is 0.501. The first kappa shape index (κ1) is 18.6. The zero-order chi connectivity index (χ0) is 19.5. The Bertz CT molecular complexity index is 1020. The largest absolute Gasteiger partial charge is 0.462 e. The van der Waals surface area contributed by atoms with Crippen molar-refractivity contribution in [2.75, 3.05) is 37.7 Å². The van der Waals surface area contributed by atoms with E-state index < -0.39 is 0 Å². The van der Waals surface area contributed by atoms with Crippen LogP contribution in [0.25, 0.3) is 4.96 Å². The summed E-state index contributed by atoms with van der Waals surface area (Å²) in [5, 5.41) is 1.87. The van der Waals surface area contributed by atoms with Crippen LogP contribution in [0.5, 0.6) is 0 Å². The number of hydrogen-bond donors (Lipinski definition) is 0. The van der Waals surface area contributed by atoms with E-state index >= 15 is 0 Å². The molecule has 3 aromatic heterocycles. The topological polar surface area (TPSA) is 80.0 Å². The number of rotatable bonds is 5. The number of piperazine rings is 1. The standard InChI is InChI=1S/C19H21N5O3S/c1-2-27-18(26)14-3-4-16(20-12-14)23-7-5-22(6-8-23)13-15-11-17(25)24-9-10-28-19(24)21-15/h3-4,9-12H,2,5-8,13H2,1H3. The number of hydrogen-bond acceptors (Lipinski definition) is 8. The predicted octanol–water partition coefficient (Wildman–Crippen LogP) is 1.65. The van der Waals surface area contributed by atoms with Gasteiger partial charge in [0.2, 0.25) is 0 Å². The molecule has 28 heavy (non-hydrogen) atoms. The second-order valence-electron chi connectivity index (χ2n) is 6.53. The van der Waals surface area contributed by atoms with Gasteiger partial charge in [0.05, 0.1) is 17.9 Å². The first-order chi connectivity index (χ1) is 13.6. The smallest absolute Gasteiger partial charge is 0.339 e. The van der Waals surface area contributed by atoms with Crippen molar-refractivity contribution in [2.45, 2.75) is 13.5 Å². The van der Waals surface area contributed by atoms with E-state index in [0.29, 0.717) is 18.7 Å². The highest BCUT2D eigenvalue weighted by Gasteiger charge is 2.19. The number of anilines is 1. The fraction of sp³-hybridized carbons (Fsp3) is 0.368. The van der Waals surface area contributed by atoms with Crippen LogP contribution < -0.4 is 10.5 Å². The molecule has 1 fully saturated rings. The van der Waals surface area contributed by atoms with Gasteiger partial charge in [-0.1, -0.05) is 0 Å². The molecule has 4 rings (SSSR count). The minimum atomic E-state index is -0.350. The molecule has 1 saturated heterocycles. The van der Waals surface area contributed by atoms with Crippen LogP contribution in [0.4, 0.5) is 5.82 Å². The molecule has 0 radical (unpaired) electrons. The number of carbonyl (C=O) groups excluding carboxylic acids is 1. The average Bonchev–Trinajstić information content (AvgIpc) is 3.18. The van der Waals surface area contributed by atoms with Crippen molar-refractivity contribution in [1.82, 2.24) is 19.3 Å². The summed E-state index contributed by atoms with van der Waals surface area (Å²) in [6, 6.07) is 5.22. The van der Waals surface area contributed by atoms with E-state index in [0.717, 1.165) is 42.7 Å². The van der Waals surface area contributed by atoms with E-state index in [1.54, 1.807) is 35.9 Å². The Hall–Kier alpha value is -2.78. The van der Waals surface area contributed by atoms with Gasteiger partial charge >= 0.3 is 5.97 Å². The fourth-order valence-corrected chi connectivity index (χ4v) is 3.98. The lowest BCUT2D eigenvalue weighted by molar-refractivity contribution is 0.0526. The summed E-state index contributed by atoms with van der Waals surface area (Å²) in [5.41, 5.74) is 1.23. The Morgan fingerprint density at radius 2 is 2.07 bits per heavy atom. The summed E-state index contributed by atoms with van der Waals surface area (Å²) < 4.78 is 6.55. The van der Waals surface area contributed by atoms with Crippen LogP contribution in [0.2, 0.25) is 0 Å². The van der Waals surface area contributed by atoms with E-state index in [1.807, 2.05) is 11.4 Å². The quantitative estimate of drug-likeness (QED) is 0.604. The number of fused-ring (bicyclic) bond motifs is 1. The summed E-state index contributed by atoms with van der Waals surface area (Å²) in [6.45, 7) is 6.15. The van der Waals surface area contributed by atoms with E-state index in [2.05, 4.69) is 19.8 Å². The molecular weight excluding hydrogens is 378 g/mol. The molecule has 0 aliphatic carbocycles. The molecule has 9 heteroatoms. The monoisotopic (exact) mass is 399 g/mol. The number of ether oxygens (including phenoxy) is 1. The van der Waals surface area contributed by atoms with Crippen molar-refractivity contribution in [2.24, 2.45) is 0 Å². The third kappa shape index (κ3) is 3.90. The minimum absolute atomic E-state index is 0.0363. The van der Waals surface area contributed by atoms with Gasteiger partial charge in [-0.15, -0.1) is 11.3 Å². The minimum Gasteiger partial charge on any atom is -0.462 e. The Morgan fingerprint density at radius 3 is 2.79 bits per heavy atom. The molecular formula is C19H21N5O3S. The molecule has 146 valence electrons. The Morgan fingerprint density at radius 1 is 1.25 bits per heavy atom. The first-order valence-corrected chi connectivity index (χ1v) is 10.1. The zero-order valence-corrected chi connectivity index (χ0v) is 16.4. The highest BCUT2D eigenvalue weighted by atomic mass is 32.1. The maximum Gasteiger partial charge on any atom is 0.339 e. The number of thiazole rings is 1. The van der Waals surface area contributed by atoms with Gasteiger partial charge in [-0.05, 0) is 19.1 Å². The molecule has 3 aromatic rings. The van der Waals surface area contributed by atoms with Gasteiger partial charge in [0.1, 0.15) is 5.82 Å². The van der Waals surface area contributed by atoms with Crippen LogP contribution in [0, 0.1) is 0 Å². The number of aromatic nitrogens is 3.